The van der Waals surface area contributed by atoms with Crippen LogP contribution in [0.2, 0.25) is 0 Å². The number of hydrogen-bond donors (Lipinski definition) is 0. The van der Waals surface area contributed by atoms with Crippen LogP contribution in [0.5, 0.6) is 0 Å². The summed E-state index contributed by atoms with van der Waals surface area (Å²) < 4.78 is 5.03. The molecule has 3 heteroatoms. The predicted octanol–water partition coefficient (Wildman–Crippen LogP) is 17.8. The lowest BCUT2D eigenvalue weighted by molar-refractivity contribution is 0.768. The van der Waals surface area contributed by atoms with Crippen LogP contribution >= 0.6 is 11.3 Å². The summed E-state index contributed by atoms with van der Waals surface area (Å²) in [7, 11) is 0. The van der Waals surface area contributed by atoms with Gasteiger partial charge in [0, 0.05) is 59.1 Å². The maximum Gasteiger partial charge on any atom is 0.0714 e. The molecular weight excluding hydrogens is 841 g/mol. The molecule has 0 amide bonds. The molecule has 0 N–H and O–H groups in total. The van der Waals surface area contributed by atoms with E-state index in [2.05, 4.69) is 264 Å². The summed E-state index contributed by atoms with van der Waals surface area (Å²) in [6.45, 7) is 0. The van der Waals surface area contributed by atoms with Crippen LogP contribution in [-0.2, 0) is 5.41 Å². The van der Waals surface area contributed by atoms with E-state index in [1.165, 1.54) is 97.3 Å². The van der Waals surface area contributed by atoms with Crippen molar-refractivity contribution in [2.24, 2.45) is 0 Å². The van der Waals surface area contributed by atoms with Crippen LogP contribution in [0.15, 0.2) is 255 Å². The van der Waals surface area contributed by atoms with Crippen LogP contribution in [0.1, 0.15) is 22.3 Å². The topological polar surface area (TPSA) is 8.17 Å². The first-order valence-electron chi connectivity index (χ1n) is 23.4. The number of thiophene rings is 1. The highest BCUT2D eigenvalue weighted by Crippen LogP contribution is 2.57. The number of aromatic nitrogens is 1. The predicted molar refractivity (Wildman–Crippen MR) is 289 cm³/mol. The molecule has 0 aliphatic heterocycles. The van der Waals surface area contributed by atoms with Gasteiger partial charge in [0.1, 0.15) is 0 Å². The van der Waals surface area contributed by atoms with E-state index in [0.717, 1.165) is 22.7 Å². The fourth-order valence-corrected chi connectivity index (χ4v) is 12.6. The van der Waals surface area contributed by atoms with Gasteiger partial charge >= 0.3 is 0 Å². The van der Waals surface area contributed by atoms with Crippen molar-refractivity contribution in [3.8, 4) is 27.9 Å². The van der Waals surface area contributed by atoms with Gasteiger partial charge in [-0.1, -0.05) is 194 Å². The minimum atomic E-state index is -0.511. The summed E-state index contributed by atoms with van der Waals surface area (Å²) in [4.78, 5) is 2.46. The van der Waals surface area contributed by atoms with Gasteiger partial charge < -0.3 is 9.47 Å². The van der Waals surface area contributed by atoms with Gasteiger partial charge in [-0.3, -0.25) is 0 Å². The SMILES string of the molecule is c1ccc(-n2c3cc(-c4ccc(N(c5ccc6c(c5)C(c5ccccc5)(c5ccccc5)c5ccccc5-6)c5ccc6c(c5)sc5ccccc56)cc4)ccc3c3ccc4ccccc4c32)cc1. The Balaban J connectivity index is 0.957. The smallest absolute Gasteiger partial charge is 0.0714 e. The van der Waals surface area contributed by atoms with E-state index in [-0.39, 0.29) is 0 Å². The third-order valence-corrected chi connectivity index (χ3v) is 15.6. The van der Waals surface area contributed by atoms with Crippen molar-refractivity contribution >= 4 is 81.1 Å². The van der Waals surface area contributed by atoms with Crippen molar-refractivity contribution in [2.45, 2.75) is 5.41 Å². The second-order valence-electron chi connectivity index (χ2n) is 18.0. The van der Waals surface area contributed by atoms with Gasteiger partial charge in [0.25, 0.3) is 0 Å². The fraction of sp³-hybridized carbons (Fsp3) is 0.0154. The van der Waals surface area contributed by atoms with Gasteiger partial charge in [0.05, 0.1) is 16.4 Å². The van der Waals surface area contributed by atoms with Gasteiger partial charge in [-0.25, -0.2) is 0 Å². The zero-order valence-electron chi connectivity index (χ0n) is 37.1. The first-order chi connectivity index (χ1) is 33.7. The maximum absolute atomic E-state index is 2.47. The Morgan fingerprint density at radius 3 is 1.72 bits per heavy atom. The Morgan fingerprint density at radius 2 is 0.926 bits per heavy atom. The van der Waals surface area contributed by atoms with Gasteiger partial charge in [0.2, 0.25) is 0 Å². The number of fused-ring (bicyclic) bond motifs is 11. The van der Waals surface area contributed by atoms with Crippen molar-refractivity contribution in [2.75, 3.05) is 4.90 Å². The number of anilines is 3. The van der Waals surface area contributed by atoms with Gasteiger partial charge in [0.15, 0.2) is 0 Å². The lowest BCUT2D eigenvalue weighted by Crippen LogP contribution is -2.28. The Hall–Kier alpha value is -8.50. The maximum atomic E-state index is 2.47. The summed E-state index contributed by atoms with van der Waals surface area (Å²) in [6, 6.07) is 94.4. The summed E-state index contributed by atoms with van der Waals surface area (Å²) >= 11 is 1.86. The number of rotatable bonds is 7. The molecular formula is C65H42N2S. The molecule has 0 unspecified atom stereocenters. The van der Waals surface area contributed by atoms with E-state index in [9.17, 15) is 0 Å². The molecule has 0 saturated carbocycles. The van der Waals surface area contributed by atoms with Crippen molar-refractivity contribution in [1.82, 2.24) is 4.57 Å². The van der Waals surface area contributed by atoms with Crippen LogP contribution in [0.4, 0.5) is 17.1 Å². The quantitative estimate of drug-likeness (QED) is 0.155. The summed E-state index contributed by atoms with van der Waals surface area (Å²) in [5, 5.41) is 7.60. The monoisotopic (exact) mass is 882 g/mol. The largest absolute Gasteiger partial charge is 0.310 e. The molecule has 2 nitrogen and oxygen atoms in total. The average molecular weight is 883 g/mol. The van der Waals surface area contributed by atoms with E-state index in [0.29, 0.717) is 0 Å². The Morgan fingerprint density at radius 1 is 0.353 bits per heavy atom. The number of hydrogen-bond acceptors (Lipinski definition) is 2. The Labute approximate surface area is 398 Å². The third-order valence-electron chi connectivity index (χ3n) is 14.4. The molecule has 0 bridgehead atoms. The highest BCUT2D eigenvalue weighted by molar-refractivity contribution is 7.25. The van der Waals surface area contributed by atoms with Crippen LogP contribution in [-0.4, -0.2) is 4.57 Å². The minimum Gasteiger partial charge on any atom is -0.310 e. The van der Waals surface area contributed by atoms with Gasteiger partial charge in [-0.2, -0.15) is 0 Å². The van der Waals surface area contributed by atoms with Crippen molar-refractivity contribution in [3.05, 3.63) is 277 Å². The highest BCUT2D eigenvalue weighted by Gasteiger charge is 2.46. The molecule has 13 aromatic rings. The molecule has 0 spiro atoms. The Bertz CT molecular complexity index is 4030. The molecule has 0 fully saturated rings. The highest BCUT2D eigenvalue weighted by atomic mass is 32.1. The first-order valence-corrected chi connectivity index (χ1v) is 24.2. The average Bonchev–Trinajstić information content (AvgIpc) is 4.05. The van der Waals surface area contributed by atoms with E-state index >= 15 is 0 Å². The third kappa shape index (κ3) is 5.76. The lowest BCUT2D eigenvalue weighted by Gasteiger charge is -2.35. The molecule has 2 aromatic heterocycles. The summed E-state index contributed by atoms with van der Waals surface area (Å²) in [5.74, 6) is 0. The Kier molecular flexibility index (Phi) is 8.71. The first kappa shape index (κ1) is 38.7. The molecule has 1 aliphatic carbocycles. The lowest BCUT2D eigenvalue weighted by atomic mass is 9.67. The molecule has 11 aromatic carbocycles. The zero-order chi connectivity index (χ0) is 44.8. The summed E-state index contributed by atoms with van der Waals surface area (Å²) in [5.41, 5.74) is 16.4. The van der Waals surface area contributed by atoms with Gasteiger partial charge in [-0.15, -0.1) is 11.3 Å². The van der Waals surface area contributed by atoms with E-state index in [1.54, 1.807) is 0 Å². The van der Waals surface area contributed by atoms with Crippen molar-refractivity contribution < 1.29 is 0 Å². The van der Waals surface area contributed by atoms with Crippen LogP contribution in [0, 0.1) is 0 Å². The van der Waals surface area contributed by atoms with Crippen LogP contribution in [0.3, 0.4) is 0 Å². The molecule has 68 heavy (non-hydrogen) atoms. The molecule has 2 heterocycles. The zero-order valence-corrected chi connectivity index (χ0v) is 37.9. The molecule has 318 valence electrons. The van der Waals surface area contributed by atoms with Gasteiger partial charge in [-0.05, 0) is 111 Å². The van der Waals surface area contributed by atoms with Crippen molar-refractivity contribution in [1.29, 1.82) is 0 Å². The second-order valence-corrected chi connectivity index (χ2v) is 19.1. The molecule has 0 atom stereocenters. The van der Waals surface area contributed by atoms with Crippen LogP contribution in [0.25, 0.3) is 80.7 Å². The normalized spacial score (nSPS) is 12.8. The fourth-order valence-electron chi connectivity index (χ4n) is 11.5. The summed E-state index contributed by atoms with van der Waals surface area (Å²) in [6.07, 6.45) is 0. The molecule has 0 saturated heterocycles. The number of nitrogens with zero attached hydrogens (tertiary/aromatic N) is 2. The van der Waals surface area contributed by atoms with E-state index in [1.807, 2.05) is 11.3 Å². The minimum absolute atomic E-state index is 0.511. The molecule has 1 aliphatic rings. The van der Waals surface area contributed by atoms with E-state index in [4.69, 9.17) is 0 Å². The van der Waals surface area contributed by atoms with Crippen molar-refractivity contribution in [3.63, 3.8) is 0 Å². The standard InChI is InChI=1S/C65H42N2S/c1-4-17-46(18-5-1)65(47-19-6-2-7-20-47)59-26-14-12-24-53(59)54-38-34-50(41-60(54)65)66(51-35-39-57-56-25-13-15-27-62(56)68-63(57)42-51)49-32-28-43(29-33-49)45-31-36-55-58-37-30-44-16-10-11-23-52(44)64(58)67(61(55)40-45)48-21-8-3-9-22-48/h1-42H. The number of para-hydroxylation sites is 1. The molecule has 14 rings (SSSR count). The van der Waals surface area contributed by atoms with Crippen LogP contribution < -0.4 is 4.90 Å². The number of benzene rings is 11. The second kappa shape index (κ2) is 15.3. The van der Waals surface area contributed by atoms with E-state index < -0.39 is 5.41 Å². The molecule has 0 radical (unpaired) electrons.